The maximum atomic E-state index is 8.61. The van der Waals surface area contributed by atoms with Gasteiger partial charge in [0.05, 0.1) is 6.04 Å². The number of guanidine groups is 1. The Hall–Kier alpha value is -1.59. The summed E-state index contributed by atoms with van der Waals surface area (Å²) in [5, 5.41) is 8.61. The lowest BCUT2D eigenvalue weighted by Gasteiger charge is -2.18. The minimum absolute atomic E-state index is 0.129. The number of nitrogens with two attached hydrogens (primary N) is 1. The van der Waals surface area contributed by atoms with Crippen LogP contribution in [0.3, 0.4) is 0 Å². The maximum absolute atomic E-state index is 8.61. The average molecular weight is 246 g/mol. The van der Waals surface area contributed by atoms with Crippen LogP contribution in [0.25, 0.3) is 0 Å². The Morgan fingerprint density at radius 3 is 2.61 bits per heavy atom. The van der Waals surface area contributed by atoms with Crippen LogP contribution in [0.1, 0.15) is 5.56 Å². The van der Waals surface area contributed by atoms with Gasteiger partial charge in [-0.3, -0.25) is 10.1 Å². The first kappa shape index (κ1) is 11.5. The Balaban J connectivity index is 1.52. The number of piperidine rings is 1. The van der Waals surface area contributed by atoms with E-state index < -0.39 is 0 Å². The monoisotopic (exact) mass is 246 g/mol. The number of hydrogen-bond acceptors (Lipinski definition) is 3. The molecule has 2 aliphatic rings. The molecule has 1 saturated heterocycles. The van der Waals surface area contributed by atoms with Gasteiger partial charge in [-0.25, -0.2) is 10.5 Å². The Morgan fingerprint density at radius 2 is 2.00 bits per heavy atom. The number of hydroxylamine groups is 1. The van der Waals surface area contributed by atoms with Crippen molar-refractivity contribution < 1.29 is 5.21 Å². The molecule has 1 saturated carbocycles. The summed E-state index contributed by atoms with van der Waals surface area (Å²) in [5.74, 6) is 1.35. The largest absolute Gasteiger partial charge is 0.368 e. The van der Waals surface area contributed by atoms with Gasteiger partial charge in [-0.1, -0.05) is 30.3 Å². The van der Waals surface area contributed by atoms with Crippen LogP contribution in [0.15, 0.2) is 35.3 Å². The van der Waals surface area contributed by atoms with Crippen molar-refractivity contribution in [3.8, 4) is 0 Å². The molecule has 18 heavy (non-hydrogen) atoms. The normalized spacial score (nSPS) is 31.2. The van der Waals surface area contributed by atoms with Gasteiger partial charge in [0.15, 0.2) is 0 Å². The lowest BCUT2D eigenvalue weighted by molar-refractivity contribution is 0.231. The molecule has 0 spiro atoms. The molecule has 1 heterocycles. The molecule has 5 heteroatoms. The summed E-state index contributed by atoms with van der Waals surface area (Å²) >= 11 is 0. The Bertz CT molecular complexity index is 436. The summed E-state index contributed by atoms with van der Waals surface area (Å²) in [4.78, 5) is 6.70. The van der Waals surface area contributed by atoms with E-state index in [0.29, 0.717) is 17.9 Å². The van der Waals surface area contributed by atoms with Gasteiger partial charge in [-0.2, -0.15) is 0 Å². The van der Waals surface area contributed by atoms with E-state index in [9.17, 15) is 0 Å². The topological polar surface area (TPSA) is 73.9 Å². The summed E-state index contributed by atoms with van der Waals surface area (Å²) in [7, 11) is 0. The third kappa shape index (κ3) is 2.19. The van der Waals surface area contributed by atoms with Crippen LogP contribution in [-0.2, 0) is 6.54 Å². The highest BCUT2D eigenvalue weighted by Crippen LogP contribution is 2.48. The Kier molecular flexibility index (Phi) is 2.93. The van der Waals surface area contributed by atoms with Crippen molar-refractivity contribution in [3.05, 3.63) is 35.9 Å². The van der Waals surface area contributed by atoms with Crippen molar-refractivity contribution in [3.63, 3.8) is 0 Å². The molecule has 1 aliphatic carbocycles. The number of nitrogens with zero attached hydrogens (tertiary/aromatic N) is 2. The first-order chi connectivity index (χ1) is 8.78. The van der Waals surface area contributed by atoms with Gasteiger partial charge in [0, 0.05) is 31.5 Å². The predicted molar refractivity (Wildman–Crippen MR) is 69.0 cm³/mol. The molecule has 3 rings (SSSR count). The maximum Gasteiger partial charge on any atom is 0.213 e. The van der Waals surface area contributed by atoms with Crippen molar-refractivity contribution in [1.29, 1.82) is 0 Å². The van der Waals surface area contributed by atoms with Crippen molar-refractivity contribution in [2.75, 3.05) is 13.1 Å². The molecule has 2 atom stereocenters. The lowest BCUT2D eigenvalue weighted by Crippen LogP contribution is -2.30. The van der Waals surface area contributed by atoms with Crippen LogP contribution in [-0.4, -0.2) is 35.2 Å². The zero-order valence-corrected chi connectivity index (χ0v) is 10.2. The van der Waals surface area contributed by atoms with E-state index in [1.54, 1.807) is 0 Å². The van der Waals surface area contributed by atoms with E-state index in [1.165, 1.54) is 5.56 Å². The standard InChI is InChI=1S/C13H18N4O/c14-13(16-18)15-12-10-7-17(8-11(10)12)6-9-4-2-1-3-5-9/h1-5,10-12,18H,6-8H2,(H3,14,15,16). The van der Waals surface area contributed by atoms with Crippen LogP contribution in [0.5, 0.6) is 0 Å². The fourth-order valence-corrected chi connectivity index (χ4v) is 2.93. The summed E-state index contributed by atoms with van der Waals surface area (Å²) < 4.78 is 0. The molecule has 2 unspecified atom stereocenters. The van der Waals surface area contributed by atoms with Gasteiger partial charge in [0.25, 0.3) is 0 Å². The molecule has 4 N–H and O–H groups in total. The van der Waals surface area contributed by atoms with E-state index in [-0.39, 0.29) is 5.96 Å². The number of hydrogen-bond donors (Lipinski definition) is 3. The summed E-state index contributed by atoms with van der Waals surface area (Å²) in [6.07, 6.45) is 0. The highest BCUT2D eigenvalue weighted by Gasteiger charge is 2.55. The molecule has 0 aromatic heterocycles. The van der Waals surface area contributed by atoms with E-state index in [1.807, 2.05) is 11.5 Å². The minimum Gasteiger partial charge on any atom is -0.368 e. The van der Waals surface area contributed by atoms with Crippen LogP contribution in [0, 0.1) is 11.8 Å². The van der Waals surface area contributed by atoms with Crippen LogP contribution in [0.2, 0.25) is 0 Å². The highest BCUT2D eigenvalue weighted by atomic mass is 16.5. The predicted octanol–water partition coefficient (Wildman–Crippen LogP) is 0.410. The molecule has 96 valence electrons. The Labute approximate surface area is 106 Å². The van der Waals surface area contributed by atoms with Crippen molar-refractivity contribution in [2.45, 2.75) is 12.6 Å². The molecule has 1 aromatic carbocycles. The van der Waals surface area contributed by atoms with E-state index >= 15 is 0 Å². The fraction of sp³-hybridized carbons (Fsp3) is 0.462. The van der Waals surface area contributed by atoms with Gasteiger partial charge in [-0.05, 0) is 5.56 Å². The molecule has 0 bridgehead atoms. The zero-order valence-electron chi connectivity index (χ0n) is 10.2. The van der Waals surface area contributed by atoms with Crippen LogP contribution >= 0.6 is 0 Å². The molecular weight excluding hydrogens is 228 g/mol. The van der Waals surface area contributed by atoms with Gasteiger partial charge >= 0.3 is 0 Å². The number of aliphatic imine (C=N–C) groups is 1. The third-order valence-electron chi connectivity index (χ3n) is 3.88. The van der Waals surface area contributed by atoms with Gasteiger partial charge in [0.2, 0.25) is 5.96 Å². The molecule has 0 amide bonds. The number of benzene rings is 1. The molecule has 1 aliphatic heterocycles. The van der Waals surface area contributed by atoms with E-state index in [0.717, 1.165) is 19.6 Å². The van der Waals surface area contributed by atoms with Crippen LogP contribution < -0.4 is 11.2 Å². The first-order valence-corrected chi connectivity index (χ1v) is 6.27. The van der Waals surface area contributed by atoms with Crippen molar-refractivity contribution in [1.82, 2.24) is 10.4 Å². The van der Waals surface area contributed by atoms with Gasteiger partial charge in [0.1, 0.15) is 0 Å². The van der Waals surface area contributed by atoms with E-state index in [4.69, 9.17) is 10.9 Å². The van der Waals surface area contributed by atoms with Crippen molar-refractivity contribution in [2.24, 2.45) is 22.6 Å². The highest BCUT2D eigenvalue weighted by molar-refractivity contribution is 5.77. The number of nitrogens with one attached hydrogen (secondary N) is 1. The number of rotatable bonds is 3. The smallest absolute Gasteiger partial charge is 0.213 e. The second-order valence-electron chi connectivity index (χ2n) is 5.12. The first-order valence-electron chi connectivity index (χ1n) is 6.27. The molecular formula is C13H18N4O. The Morgan fingerprint density at radius 1 is 1.33 bits per heavy atom. The number of fused-ring (bicyclic) bond motifs is 1. The van der Waals surface area contributed by atoms with Crippen LogP contribution in [0.4, 0.5) is 0 Å². The minimum atomic E-state index is 0.129. The lowest BCUT2D eigenvalue weighted by atomic mass is 10.2. The molecule has 1 aromatic rings. The second kappa shape index (κ2) is 4.59. The average Bonchev–Trinajstić information content (AvgIpc) is 2.85. The summed E-state index contributed by atoms with van der Waals surface area (Å²) in [5.41, 5.74) is 8.70. The summed E-state index contributed by atoms with van der Waals surface area (Å²) in [6.45, 7) is 3.16. The molecule has 2 fully saturated rings. The SMILES string of the molecule is NC(=NC1C2CN(Cc3ccccc3)CC21)NO. The summed E-state index contributed by atoms with van der Waals surface area (Å²) in [6, 6.07) is 10.8. The number of likely N-dealkylation sites (tertiary alicyclic amines) is 1. The molecule has 0 radical (unpaired) electrons. The quantitative estimate of drug-likeness (QED) is 0.410. The molecule has 5 nitrogen and oxygen atoms in total. The van der Waals surface area contributed by atoms with E-state index in [2.05, 4.69) is 34.2 Å². The second-order valence-corrected chi connectivity index (χ2v) is 5.12. The third-order valence-corrected chi connectivity index (χ3v) is 3.88. The zero-order chi connectivity index (χ0) is 12.5. The van der Waals surface area contributed by atoms with Gasteiger partial charge in [-0.15, -0.1) is 0 Å². The fourth-order valence-electron chi connectivity index (χ4n) is 2.93. The van der Waals surface area contributed by atoms with Crippen molar-refractivity contribution >= 4 is 5.96 Å². The van der Waals surface area contributed by atoms with Gasteiger partial charge < -0.3 is 5.73 Å².